The first-order valence-electron chi connectivity index (χ1n) is 10.4. The summed E-state index contributed by atoms with van der Waals surface area (Å²) in [4.78, 5) is 9.07. The molecule has 0 radical (unpaired) electrons. The molecular weight excluding hydrogens is 374 g/mol. The maximum atomic E-state index is 6.15. The van der Waals surface area contributed by atoms with E-state index in [4.69, 9.17) is 9.72 Å². The number of nitrogens with one attached hydrogen (secondary N) is 1. The van der Waals surface area contributed by atoms with E-state index in [0.29, 0.717) is 19.0 Å². The Bertz CT molecular complexity index is 1170. The number of aromatic nitrogens is 4. The van der Waals surface area contributed by atoms with Crippen LogP contribution >= 0.6 is 0 Å². The molecule has 3 heterocycles. The van der Waals surface area contributed by atoms with E-state index in [-0.39, 0.29) is 0 Å². The summed E-state index contributed by atoms with van der Waals surface area (Å²) in [6.45, 7) is 1.88. The summed E-state index contributed by atoms with van der Waals surface area (Å²) in [5, 5.41) is 8.91. The van der Waals surface area contributed by atoms with Crippen molar-refractivity contribution in [1.82, 2.24) is 25.1 Å². The third kappa shape index (κ3) is 4.04. The molecule has 4 aromatic rings. The van der Waals surface area contributed by atoms with Crippen molar-refractivity contribution < 1.29 is 4.74 Å². The number of ether oxygens (including phenoxy) is 1. The average molecular weight is 399 g/mol. The molecule has 1 aliphatic carbocycles. The lowest BCUT2D eigenvalue weighted by atomic mass is 10.0. The maximum Gasteiger partial charge on any atom is 0.218 e. The average Bonchev–Trinajstić information content (AvgIpc) is 3.39. The molecule has 6 nitrogen and oxygen atoms in total. The number of nitrogens with zero attached hydrogens (tertiary/aromatic N) is 4. The quantitative estimate of drug-likeness (QED) is 0.513. The fraction of sp³-hybridized carbons (Fsp3) is 0.292. The largest absolute Gasteiger partial charge is 0.472 e. The van der Waals surface area contributed by atoms with Crippen molar-refractivity contribution in [1.29, 1.82) is 0 Å². The number of hydrogen-bond donors (Lipinski definition) is 1. The Morgan fingerprint density at radius 2 is 1.97 bits per heavy atom. The van der Waals surface area contributed by atoms with Gasteiger partial charge in [-0.2, -0.15) is 5.10 Å². The molecule has 0 unspecified atom stereocenters. The highest BCUT2D eigenvalue weighted by Crippen LogP contribution is 2.30. The standard InChI is InChI=1S/C24H25N5O/c1-29-15-18(13-27-29)12-26-14-22-9-21-8-19-5-2-6-20(19)10-23(21)28-24(22)30-16-17-4-3-7-25-11-17/h3-4,7-11,13,15,26H,2,5-6,12,14,16H2,1H3. The monoisotopic (exact) mass is 399 g/mol. The second kappa shape index (κ2) is 8.24. The second-order valence-corrected chi connectivity index (χ2v) is 7.90. The number of hydrogen-bond acceptors (Lipinski definition) is 5. The zero-order valence-corrected chi connectivity index (χ0v) is 17.1. The van der Waals surface area contributed by atoms with E-state index >= 15 is 0 Å². The molecule has 5 rings (SSSR count). The van der Waals surface area contributed by atoms with Crippen molar-refractivity contribution in [2.45, 2.75) is 39.0 Å². The van der Waals surface area contributed by atoms with E-state index in [2.05, 4.69) is 33.6 Å². The lowest BCUT2D eigenvalue weighted by Crippen LogP contribution is -2.14. The normalized spacial score (nSPS) is 13.0. The summed E-state index contributed by atoms with van der Waals surface area (Å²) in [6.07, 6.45) is 11.0. The number of fused-ring (bicyclic) bond motifs is 2. The molecule has 0 amide bonds. The van der Waals surface area contributed by atoms with Crippen LogP contribution in [0.15, 0.2) is 55.1 Å². The molecule has 0 aliphatic heterocycles. The van der Waals surface area contributed by atoms with E-state index in [9.17, 15) is 0 Å². The molecule has 0 saturated carbocycles. The predicted molar refractivity (Wildman–Crippen MR) is 116 cm³/mol. The third-order valence-corrected chi connectivity index (χ3v) is 5.57. The molecule has 0 spiro atoms. The Morgan fingerprint density at radius 1 is 1.07 bits per heavy atom. The molecule has 152 valence electrons. The van der Waals surface area contributed by atoms with Gasteiger partial charge in [0.05, 0.1) is 11.7 Å². The molecule has 3 aromatic heterocycles. The first kappa shape index (κ1) is 18.8. The molecule has 0 atom stereocenters. The van der Waals surface area contributed by atoms with Crippen LogP contribution in [0.25, 0.3) is 10.9 Å². The van der Waals surface area contributed by atoms with Gasteiger partial charge in [-0.05, 0) is 54.7 Å². The number of rotatable bonds is 7. The van der Waals surface area contributed by atoms with Gasteiger partial charge in [-0.25, -0.2) is 4.98 Å². The van der Waals surface area contributed by atoms with Crippen LogP contribution in [0.2, 0.25) is 0 Å². The minimum Gasteiger partial charge on any atom is -0.472 e. The number of benzene rings is 1. The minimum atomic E-state index is 0.451. The third-order valence-electron chi connectivity index (χ3n) is 5.57. The minimum absolute atomic E-state index is 0.451. The summed E-state index contributed by atoms with van der Waals surface area (Å²) >= 11 is 0. The van der Waals surface area contributed by atoms with Crippen LogP contribution in [0.5, 0.6) is 5.88 Å². The molecule has 0 bridgehead atoms. The van der Waals surface area contributed by atoms with Gasteiger partial charge in [-0.3, -0.25) is 9.67 Å². The van der Waals surface area contributed by atoms with E-state index in [1.54, 1.807) is 6.20 Å². The van der Waals surface area contributed by atoms with Crippen molar-refractivity contribution in [3.8, 4) is 5.88 Å². The van der Waals surface area contributed by atoms with Crippen molar-refractivity contribution >= 4 is 10.9 Å². The second-order valence-electron chi connectivity index (χ2n) is 7.90. The smallest absolute Gasteiger partial charge is 0.218 e. The predicted octanol–water partition coefficient (Wildman–Crippen LogP) is 3.72. The summed E-state index contributed by atoms with van der Waals surface area (Å²) in [5.41, 5.74) is 7.14. The summed E-state index contributed by atoms with van der Waals surface area (Å²) in [7, 11) is 1.93. The highest BCUT2D eigenvalue weighted by atomic mass is 16.5. The topological polar surface area (TPSA) is 64.9 Å². The Kier molecular flexibility index (Phi) is 5.15. The van der Waals surface area contributed by atoms with Crippen LogP contribution in [-0.4, -0.2) is 19.7 Å². The van der Waals surface area contributed by atoms with E-state index in [1.807, 2.05) is 42.5 Å². The van der Waals surface area contributed by atoms with Crippen molar-refractivity contribution in [3.63, 3.8) is 0 Å². The summed E-state index contributed by atoms with van der Waals surface area (Å²) in [6, 6.07) is 10.7. The maximum absolute atomic E-state index is 6.15. The number of pyridine rings is 2. The molecule has 0 saturated heterocycles. The van der Waals surface area contributed by atoms with Crippen molar-refractivity contribution in [3.05, 3.63) is 82.9 Å². The van der Waals surface area contributed by atoms with Gasteiger partial charge in [0.2, 0.25) is 5.88 Å². The zero-order chi connectivity index (χ0) is 20.3. The molecule has 30 heavy (non-hydrogen) atoms. The van der Waals surface area contributed by atoms with Crippen LogP contribution in [0.1, 0.15) is 34.2 Å². The molecule has 1 N–H and O–H groups in total. The molecule has 1 aromatic carbocycles. The fourth-order valence-electron chi connectivity index (χ4n) is 4.06. The van der Waals surface area contributed by atoms with Crippen LogP contribution in [0, 0.1) is 0 Å². The highest BCUT2D eigenvalue weighted by molar-refractivity contribution is 5.82. The van der Waals surface area contributed by atoms with Gasteiger partial charge in [0.1, 0.15) is 6.61 Å². The van der Waals surface area contributed by atoms with Crippen molar-refractivity contribution in [2.75, 3.05) is 0 Å². The Balaban J connectivity index is 1.41. The molecular formula is C24H25N5O. The van der Waals surface area contributed by atoms with E-state index in [1.165, 1.54) is 29.4 Å². The number of aryl methyl sites for hydroxylation is 3. The Hall–Kier alpha value is -3.25. The van der Waals surface area contributed by atoms with Gasteiger partial charge in [-0.15, -0.1) is 0 Å². The van der Waals surface area contributed by atoms with E-state index in [0.717, 1.165) is 35.2 Å². The summed E-state index contributed by atoms with van der Waals surface area (Å²) < 4.78 is 7.97. The van der Waals surface area contributed by atoms with Crippen LogP contribution in [-0.2, 0) is 39.6 Å². The first-order chi connectivity index (χ1) is 14.7. The van der Waals surface area contributed by atoms with E-state index < -0.39 is 0 Å². The van der Waals surface area contributed by atoms with Crippen molar-refractivity contribution in [2.24, 2.45) is 7.05 Å². The first-order valence-corrected chi connectivity index (χ1v) is 10.4. The van der Waals surface area contributed by atoms with Gasteiger partial charge in [0.25, 0.3) is 0 Å². The van der Waals surface area contributed by atoms with Crippen LogP contribution in [0.3, 0.4) is 0 Å². The highest BCUT2D eigenvalue weighted by Gasteiger charge is 2.15. The molecule has 6 heteroatoms. The molecule has 0 fully saturated rings. The van der Waals surface area contributed by atoms with Gasteiger partial charge in [0.15, 0.2) is 0 Å². The van der Waals surface area contributed by atoms with Gasteiger partial charge >= 0.3 is 0 Å². The fourth-order valence-corrected chi connectivity index (χ4v) is 4.06. The SMILES string of the molecule is Cn1cc(CNCc2cc3cc4c(cc3nc2OCc2cccnc2)CCC4)cn1. The summed E-state index contributed by atoms with van der Waals surface area (Å²) in [5.74, 6) is 0.683. The Labute approximate surface area is 175 Å². The Morgan fingerprint density at radius 3 is 2.77 bits per heavy atom. The lowest BCUT2D eigenvalue weighted by molar-refractivity contribution is 0.290. The van der Waals surface area contributed by atoms with Crippen LogP contribution in [0.4, 0.5) is 0 Å². The van der Waals surface area contributed by atoms with Gasteiger partial charge in [-0.1, -0.05) is 6.07 Å². The zero-order valence-electron chi connectivity index (χ0n) is 17.1. The van der Waals surface area contributed by atoms with Crippen LogP contribution < -0.4 is 10.1 Å². The van der Waals surface area contributed by atoms with Gasteiger partial charge < -0.3 is 10.1 Å². The molecule has 1 aliphatic rings. The lowest BCUT2D eigenvalue weighted by Gasteiger charge is -2.14. The van der Waals surface area contributed by atoms with Gasteiger partial charge in [0, 0.05) is 60.8 Å².